The van der Waals surface area contributed by atoms with Gasteiger partial charge in [0.05, 0.1) is 23.2 Å². The van der Waals surface area contributed by atoms with Gasteiger partial charge in [0.2, 0.25) is 0 Å². The lowest BCUT2D eigenvalue weighted by Crippen LogP contribution is -2.19. The van der Waals surface area contributed by atoms with Crippen molar-refractivity contribution in [2.24, 2.45) is 0 Å². The van der Waals surface area contributed by atoms with Crippen molar-refractivity contribution in [1.29, 1.82) is 0 Å². The van der Waals surface area contributed by atoms with E-state index in [-0.39, 0.29) is 25.4 Å². The average Bonchev–Trinajstić information content (AvgIpc) is 2.41. The largest absolute Gasteiger partial charge is 0.395 e. The number of anilines is 1. The predicted octanol–water partition coefficient (Wildman–Crippen LogP) is 0.401. The third-order valence-corrected chi connectivity index (χ3v) is 2.42. The second-order valence-electron chi connectivity index (χ2n) is 4.24. The van der Waals surface area contributed by atoms with Gasteiger partial charge in [-0.15, -0.1) is 0 Å². The third-order valence-electron chi connectivity index (χ3n) is 2.42. The Balaban J connectivity index is 2.74. The van der Waals surface area contributed by atoms with Gasteiger partial charge in [0.15, 0.2) is 0 Å². The fourth-order valence-corrected chi connectivity index (χ4v) is 1.50. The first kappa shape index (κ1) is 16.3. The number of nitro benzene ring substituents is 1. The predicted molar refractivity (Wildman–Crippen MR) is 73.1 cm³/mol. The molecule has 1 aromatic rings. The van der Waals surface area contributed by atoms with E-state index in [0.29, 0.717) is 17.8 Å². The van der Waals surface area contributed by atoms with E-state index in [1.165, 1.54) is 6.07 Å². The van der Waals surface area contributed by atoms with Crippen molar-refractivity contribution in [3.8, 4) is 0 Å². The van der Waals surface area contributed by atoms with Crippen molar-refractivity contribution in [1.82, 2.24) is 5.48 Å². The number of aliphatic hydroxyl groups excluding tert-OH is 2. The van der Waals surface area contributed by atoms with Crippen molar-refractivity contribution >= 4 is 11.4 Å². The summed E-state index contributed by atoms with van der Waals surface area (Å²) in [5.74, 6) is 0. The minimum absolute atomic E-state index is 0.000508. The van der Waals surface area contributed by atoms with Gasteiger partial charge in [-0.1, -0.05) is 0 Å². The molecule has 0 amide bonds. The fourth-order valence-electron chi connectivity index (χ4n) is 1.50. The van der Waals surface area contributed by atoms with E-state index in [0.717, 1.165) is 0 Å². The van der Waals surface area contributed by atoms with E-state index in [9.17, 15) is 15.2 Å². The van der Waals surface area contributed by atoms with Gasteiger partial charge in [0.25, 0.3) is 5.69 Å². The van der Waals surface area contributed by atoms with E-state index in [1.807, 2.05) is 0 Å². The summed E-state index contributed by atoms with van der Waals surface area (Å²) in [4.78, 5) is 15.5. The lowest BCUT2D eigenvalue weighted by molar-refractivity contribution is -0.386. The standard InChI is InChI=1S/C12H19N3O5/c1-9(17)7-13-11-2-3-12(15(18)19)10(6-11)8-20-14-4-5-16/h2-3,6,9,13-14,16-17H,4-5,7-8H2,1H3. The first-order chi connectivity index (χ1) is 9.54. The normalized spacial score (nSPS) is 12.2. The Hall–Kier alpha value is -1.74. The van der Waals surface area contributed by atoms with Gasteiger partial charge >= 0.3 is 0 Å². The number of benzene rings is 1. The average molecular weight is 285 g/mol. The van der Waals surface area contributed by atoms with Crippen LogP contribution >= 0.6 is 0 Å². The molecule has 1 aromatic carbocycles. The molecule has 1 rings (SSSR count). The first-order valence-corrected chi connectivity index (χ1v) is 6.19. The molecule has 112 valence electrons. The Morgan fingerprint density at radius 1 is 1.50 bits per heavy atom. The van der Waals surface area contributed by atoms with Crippen molar-refractivity contribution in [3.05, 3.63) is 33.9 Å². The highest BCUT2D eigenvalue weighted by atomic mass is 16.6. The molecule has 0 radical (unpaired) electrons. The van der Waals surface area contributed by atoms with Crippen LogP contribution in [0.2, 0.25) is 0 Å². The molecule has 8 nitrogen and oxygen atoms in total. The fraction of sp³-hybridized carbons (Fsp3) is 0.500. The quantitative estimate of drug-likeness (QED) is 0.295. The zero-order chi connectivity index (χ0) is 15.0. The molecule has 0 fully saturated rings. The molecule has 0 saturated heterocycles. The molecule has 0 aliphatic carbocycles. The Labute approximate surface area is 116 Å². The maximum absolute atomic E-state index is 10.9. The van der Waals surface area contributed by atoms with Crippen LogP contribution in [0, 0.1) is 10.1 Å². The SMILES string of the molecule is CC(O)CNc1ccc([N+](=O)[O-])c(CONCCO)c1. The van der Waals surface area contributed by atoms with E-state index >= 15 is 0 Å². The van der Waals surface area contributed by atoms with Gasteiger partial charge in [-0.05, 0) is 19.1 Å². The van der Waals surface area contributed by atoms with Gasteiger partial charge < -0.3 is 15.5 Å². The summed E-state index contributed by atoms with van der Waals surface area (Å²) in [6.07, 6.45) is -0.517. The minimum Gasteiger partial charge on any atom is -0.395 e. The second kappa shape index (κ2) is 8.43. The van der Waals surface area contributed by atoms with Gasteiger partial charge in [-0.3, -0.25) is 15.0 Å². The van der Waals surface area contributed by atoms with Gasteiger partial charge in [-0.2, -0.15) is 5.48 Å². The zero-order valence-electron chi connectivity index (χ0n) is 11.2. The molecule has 0 heterocycles. The number of nitrogens with zero attached hydrogens (tertiary/aromatic N) is 1. The molecule has 1 unspecified atom stereocenters. The minimum atomic E-state index is -0.517. The number of hydrogen-bond acceptors (Lipinski definition) is 7. The lowest BCUT2D eigenvalue weighted by Gasteiger charge is -2.11. The van der Waals surface area contributed by atoms with Crippen LogP contribution < -0.4 is 10.8 Å². The molecule has 8 heteroatoms. The molecular formula is C12H19N3O5. The van der Waals surface area contributed by atoms with Crippen LogP contribution in [0.25, 0.3) is 0 Å². The van der Waals surface area contributed by atoms with Crippen molar-refractivity contribution in [3.63, 3.8) is 0 Å². The summed E-state index contributed by atoms with van der Waals surface area (Å²) in [7, 11) is 0. The van der Waals surface area contributed by atoms with E-state index in [1.54, 1.807) is 19.1 Å². The Morgan fingerprint density at radius 2 is 2.25 bits per heavy atom. The summed E-state index contributed by atoms with van der Waals surface area (Å²) < 4.78 is 0. The number of hydroxylamine groups is 1. The van der Waals surface area contributed by atoms with E-state index < -0.39 is 11.0 Å². The summed E-state index contributed by atoms with van der Waals surface area (Å²) in [5.41, 5.74) is 3.51. The van der Waals surface area contributed by atoms with Crippen molar-refractivity contribution in [2.75, 3.05) is 25.0 Å². The molecule has 0 spiro atoms. The first-order valence-electron chi connectivity index (χ1n) is 6.19. The maximum Gasteiger partial charge on any atom is 0.275 e. The van der Waals surface area contributed by atoms with Crippen LogP contribution in [-0.2, 0) is 11.4 Å². The van der Waals surface area contributed by atoms with Crippen LogP contribution in [0.15, 0.2) is 18.2 Å². The Kier molecular flexibility index (Phi) is 6.88. The summed E-state index contributed by atoms with van der Waals surface area (Å²) >= 11 is 0. The molecule has 1 atom stereocenters. The zero-order valence-corrected chi connectivity index (χ0v) is 11.2. The van der Waals surface area contributed by atoms with Crippen LogP contribution in [0.3, 0.4) is 0 Å². The molecule has 0 aliphatic rings. The number of aliphatic hydroxyl groups is 2. The van der Waals surface area contributed by atoms with E-state index in [4.69, 9.17) is 9.94 Å². The van der Waals surface area contributed by atoms with Gasteiger partial charge in [-0.25, -0.2) is 0 Å². The Bertz CT molecular complexity index is 439. The number of nitrogens with one attached hydrogen (secondary N) is 2. The van der Waals surface area contributed by atoms with Crippen LogP contribution in [0.5, 0.6) is 0 Å². The highest BCUT2D eigenvalue weighted by Crippen LogP contribution is 2.23. The van der Waals surface area contributed by atoms with Gasteiger partial charge in [0, 0.05) is 24.8 Å². The van der Waals surface area contributed by atoms with Crippen LogP contribution in [-0.4, -0.2) is 40.9 Å². The summed E-state index contributed by atoms with van der Waals surface area (Å²) in [6.45, 7) is 2.15. The van der Waals surface area contributed by atoms with Crippen LogP contribution in [0.4, 0.5) is 11.4 Å². The number of rotatable bonds is 9. The van der Waals surface area contributed by atoms with Crippen LogP contribution in [0.1, 0.15) is 12.5 Å². The Morgan fingerprint density at radius 3 is 2.85 bits per heavy atom. The van der Waals surface area contributed by atoms with Gasteiger partial charge in [0.1, 0.15) is 6.61 Å². The smallest absolute Gasteiger partial charge is 0.275 e. The highest BCUT2D eigenvalue weighted by Gasteiger charge is 2.14. The topological polar surface area (TPSA) is 117 Å². The summed E-state index contributed by atoms with van der Waals surface area (Å²) in [5, 5.41) is 31.7. The van der Waals surface area contributed by atoms with Crippen molar-refractivity contribution < 1.29 is 20.0 Å². The molecule has 0 aromatic heterocycles. The highest BCUT2D eigenvalue weighted by molar-refractivity contribution is 5.53. The second-order valence-corrected chi connectivity index (χ2v) is 4.24. The molecular weight excluding hydrogens is 266 g/mol. The molecule has 0 saturated carbocycles. The third kappa shape index (κ3) is 5.49. The maximum atomic E-state index is 10.9. The molecule has 0 aliphatic heterocycles. The number of nitro groups is 1. The molecule has 20 heavy (non-hydrogen) atoms. The molecule has 4 N–H and O–H groups in total. The monoisotopic (exact) mass is 285 g/mol. The molecule has 0 bridgehead atoms. The lowest BCUT2D eigenvalue weighted by atomic mass is 10.1. The summed E-state index contributed by atoms with van der Waals surface area (Å²) in [6, 6.07) is 4.56. The number of hydrogen-bond donors (Lipinski definition) is 4. The van der Waals surface area contributed by atoms with E-state index in [2.05, 4.69) is 10.8 Å². The van der Waals surface area contributed by atoms with Crippen molar-refractivity contribution in [2.45, 2.75) is 19.6 Å².